The lowest BCUT2D eigenvalue weighted by Gasteiger charge is -2.05. The number of carbonyl (C=O) groups is 1. The molecule has 1 aliphatic rings. The van der Waals surface area contributed by atoms with Crippen LogP contribution in [0.25, 0.3) is 0 Å². The van der Waals surface area contributed by atoms with Crippen molar-refractivity contribution in [3.63, 3.8) is 0 Å². The molecule has 0 radical (unpaired) electrons. The van der Waals surface area contributed by atoms with Crippen LogP contribution in [0.2, 0.25) is 0 Å². The van der Waals surface area contributed by atoms with E-state index in [4.69, 9.17) is 9.47 Å². The molecule has 0 aliphatic carbocycles. The summed E-state index contributed by atoms with van der Waals surface area (Å²) < 4.78 is 10.9. The number of esters is 1. The Labute approximate surface area is 97.6 Å². The second-order valence-electron chi connectivity index (χ2n) is 2.80. The number of carbonyl (C=O) groups excluding carboxylic acids is 1. The van der Waals surface area contributed by atoms with E-state index < -0.39 is 0 Å². The summed E-state index contributed by atoms with van der Waals surface area (Å²) >= 11 is 6.56. The maximum Gasteiger partial charge on any atom is 0.340 e. The maximum absolute atomic E-state index is 11.3. The zero-order valence-corrected chi connectivity index (χ0v) is 10.4. The SMILES string of the molecule is COc1cc2c(cc1Br)C(=O)OC2Br. The summed E-state index contributed by atoms with van der Waals surface area (Å²) in [6.45, 7) is 0. The summed E-state index contributed by atoms with van der Waals surface area (Å²) in [6.07, 6.45) is 0. The van der Waals surface area contributed by atoms with E-state index in [9.17, 15) is 4.79 Å². The lowest BCUT2D eigenvalue weighted by Crippen LogP contribution is -1.94. The van der Waals surface area contributed by atoms with E-state index in [0.29, 0.717) is 11.3 Å². The number of hydrogen-bond donors (Lipinski definition) is 0. The third-order valence-electron chi connectivity index (χ3n) is 2.00. The summed E-state index contributed by atoms with van der Waals surface area (Å²) in [7, 11) is 1.58. The first kappa shape index (κ1) is 9.98. The molecule has 3 nitrogen and oxygen atoms in total. The molecule has 0 fully saturated rings. The number of benzene rings is 1. The monoisotopic (exact) mass is 320 g/mol. The lowest BCUT2D eigenvalue weighted by molar-refractivity contribution is 0.0530. The first-order valence-corrected chi connectivity index (χ1v) is 5.57. The molecule has 1 aliphatic heterocycles. The van der Waals surface area contributed by atoms with E-state index in [2.05, 4.69) is 31.9 Å². The van der Waals surface area contributed by atoms with Gasteiger partial charge in [-0.15, -0.1) is 0 Å². The fraction of sp³-hybridized carbons (Fsp3) is 0.222. The Morgan fingerprint density at radius 1 is 1.50 bits per heavy atom. The van der Waals surface area contributed by atoms with Crippen molar-refractivity contribution in [1.82, 2.24) is 0 Å². The number of fused-ring (bicyclic) bond motifs is 1. The number of hydrogen-bond acceptors (Lipinski definition) is 3. The number of cyclic esters (lactones) is 1. The Morgan fingerprint density at radius 3 is 2.86 bits per heavy atom. The normalized spacial score (nSPS) is 19.1. The third-order valence-corrected chi connectivity index (χ3v) is 3.30. The van der Waals surface area contributed by atoms with Gasteiger partial charge in [-0.2, -0.15) is 0 Å². The van der Waals surface area contributed by atoms with Crippen LogP contribution in [0.15, 0.2) is 16.6 Å². The average molecular weight is 322 g/mol. The van der Waals surface area contributed by atoms with Crippen molar-refractivity contribution in [2.24, 2.45) is 0 Å². The van der Waals surface area contributed by atoms with Gasteiger partial charge in [0.25, 0.3) is 0 Å². The largest absolute Gasteiger partial charge is 0.496 e. The van der Waals surface area contributed by atoms with Crippen LogP contribution < -0.4 is 4.74 Å². The zero-order chi connectivity index (χ0) is 10.3. The Morgan fingerprint density at radius 2 is 2.21 bits per heavy atom. The molecule has 0 bridgehead atoms. The van der Waals surface area contributed by atoms with Crippen LogP contribution in [-0.2, 0) is 4.74 Å². The van der Waals surface area contributed by atoms with Crippen molar-refractivity contribution in [3.8, 4) is 5.75 Å². The Kier molecular flexibility index (Phi) is 2.53. The second-order valence-corrected chi connectivity index (χ2v) is 4.48. The van der Waals surface area contributed by atoms with Crippen LogP contribution in [0, 0.1) is 0 Å². The molecule has 0 saturated carbocycles. The van der Waals surface area contributed by atoms with Crippen LogP contribution in [-0.4, -0.2) is 13.1 Å². The minimum absolute atomic E-state index is 0.315. The molecule has 0 N–H and O–H groups in total. The Bertz CT molecular complexity index is 403. The van der Waals surface area contributed by atoms with Crippen LogP contribution in [0.4, 0.5) is 0 Å². The van der Waals surface area contributed by atoms with Crippen molar-refractivity contribution in [1.29, 1.82) is 0 Å². The number of ether oxygens (including phenoxy) is 2. The first-order chi connectivity index (χ1) is 6.63. The summed E-state index contributed by atoms with van der Waals surface area (Å²) in [4.78, 5) is 11.3. The summed E-state index contributed by atoms with van der Waals surface area (Å²) in [5.41, 5.74) is 1.37. The Hall–Kier alpha value is -0.550. The van der Waals surface area contributed by atoms with Gasteiger partial charge in [0.1, 0.15) is 5.75 Å². The van der Waals surface area contributed by atoms with Crippen LogP contribution in [0.1, 0.15) is 20.9 Å². The summed E-state index contributed by atoms with van der Waals surface area (Å²) in [5.74, 6) is 0.372. The van der Waals surface area contributed by atoms with Crippen molar-refractivity contribution >= 4 is 37.8 Å². The quantitative estimate of drug-likeness (QED) is 0.589. The van der Waals surface area contributed by atoms with Crippen LogP contribution in [0.3, 0.4) is 0 Å². The molecule has 74 valence electrons. The molecule has 5 heteroatoms. The Balaban J connectivity index is 2.59. The van der Waals surface area contributed by atoms with Gasteiger partial charge in [0.05, 0.1) is 17.1 Å². The molecule has 1 atom stereocenters. The molecular formula is C9H6Br2O3. The number of methoxy groups -OCH3 is 1. The van der Waals surface area contributed by atoms with Gasteiger partial charge >= 0.3 is 5.97 Å². The van der Waals surface area contributed by atoms with Gasteiger partial charge in [-0.1, -0.05) is 0 Å². The highest BCUT2D eigenvalue weighted by Crippen LogP contribution is 2.40. The molecule has 0 spiro atoms. The van der Waals surface area contributed by atoms with Gasteiger partial charge < -0.3 is 9.47 Å². The van der Waals surface area contributed by atoms with E-state index in [1.54, 1.807) is 19.2 Å². The van der Waals surface area contributed by atoms with E-state index in [0.717, 1.165) is 10.0 Å². The van der Waals surface area contributed by atoms with Crippen molar-refractivity contribution in [3.05, 3.63) is 27.7 Å². The van der Waals surface area contributed by atoms with Crippen molar-refractivity contribution in [2.75, 3.05) is 7.11 Å². The van der Waals surface area contributed by atoms with Gasteiger partial charge in [-0.05, 0) is 44.0 Å². The molecule has 2 rings (SSSR count). The van der Waals surface area contributed by atoms with Gasteiger partial charge in [0.2, 0.25) is 0 Å². The van der Waals surface area contributed by atoms with Crippen LogP contribution in [0.5, 0.6) is 5.75 Å². The minimum atomic E-state index is -0.369. The molecule has 0 amide bonds. The summed E-state index contributed by atoms with van der Waals surface area (Å²) in [5, 5.41) is -0.369. The highest BCUT2D eigenvalue weighted by molar-refractivity contribution is 9.10. The molecular weight excluding hydrogens is 316 g/mol. The predicted octanol–water partition coefficient (Wildman–Crippen LogP) is 3.02. The molecule has 0 aromatic heterocycles. The number of halogens is 2. The van der Waals surface area contributed by atoms with Gasteiger partial charge in [0, 0.05) is 5.56 Å². The lowest BCUT2D eigenvalue weighted by atomic mass is 10.1. The smallest absolute Gasteiger partial charge is 0.340 e. The first-order valence-electron chi connectivity index (χ1n) is 3.86. The van der Waals surface area contributed by atoms with Crippen LogP contribution >= 0.6 is 31.9 Å². The van der Waals surface area contributed by atoms with E-state index >= 15 is 0 Å². The molecule has 1 heterocycles. The molecule has 1 unspecified atom stereocenters. The van der Waals surface area contributed by atoms with Gasteiger partial charge in [0.15, 0.2) is 5.01 Å². The standard InChI is InChI=1S/C9H6Br2O3/c1-13-7-3-4-5(2-6(7)10)9(12)14-8(4)11/h2-3,8H,1H3. The highest BCUT2D eigenvalue weighted by Gasteiger charge is 2.30. The van der Waals surface area contributed by atoms with Crippen molar-refractivity contribution < 1.29 is 14.3 Å². The average Bonchev–Trinajstić information content (AvgIpc) is 2.41. The van der Waals surface area contributed by atoms with E-state index in [1.807, 2.05) is 0 Å². The third kappa shape index (κ3) is 1.44. The van der Waals surface area contributed by atoms with Crippen molar-refractivity contribution in [2.45, 2.75) is 5.01 Å². The minimum Gasteiger partial charge on any atom is -0.496 e. The maximum atomic E-state index is 11.3. The number of rotatable bonds is 1. The molecule has 0 saturated heterocycles. The molecule has 1 aromatic rings. The van der Waals surface area contributed by atoms with Gasteiger partial charge in [-0.3, -0.25) is 0 Å². The fourth-order valence-corrected chi connectivity index (χ4v) is 2.36. The van der Waals surface area contributed by atoms with Gasteiger partial charge in [-0.25, -0.2) is 4.79 Å². The molecule has 14 heavy (non-hydrogen) atoms. The number of alkyl halides is 1. The molecule has 1 aromatic carbocycles. The zero-order valence-electron chi connectivity index (χ0n) is 7.21. The highest BCUT2D eigenvalue weighted by atomic mass is 79.9. The van der Waals surface area contributed by atoms with E-state index in [1.165, 1.54) is 0 Å². The fourth-order valence-electron chi connectivity index (χ4n) is 1.31. The second kappa shape index (κ2) is 3.55. The summed E-state index contributed by atoms with van der Waals surface area (Å²) in [6, 6.07) is 3.49. The topological polar surface area (TPSA) is 35.5 Å². The predicted molar refractivity (Wildman–Crippen MR) is 57.8 cm³/mol. The van der Waals surface area contributed by atoms with E-state index in [-0.39, 0.29) is 11.0 Å².